The van der Waals surface area contributed by atoms with Crippen molar-refractivity contribution in [2.75, 3.05) is 14.7 Å². The summed E-state index contributed by atoms with van der Waals surface area (Å²) < 4.78 is 0. The van der Waals surface area contributed by atoms with Gasteiger partial charge in [0.15, 0.2) is 0 Å². The number of anilines is 9. The highest BCUT2D eigenvalue weighted by Crippen LogP contribution is 2.57. The van der Waals surface area contributed by atoms with Crippen LogP contribution in [0.3, 0.4) is 0 Å². The minimum absolute atomic E-state index is 0.0929. The van der Waals surface area contributed by atoms with Crippen LogP contribution in [0.25, 0.3) is 196 Å². The molecule has 27 aromatic rings. The number of nitrogens with zero attached hydrogens (tertiary/aromatic N) is 3. The van der Waals surface area contributed by atoms with Gasteiger partial charge in [-0.25, -0.2) is 0 Å². The van der Waals surface area contributed by atoms with Gasteiger partial charge >= 0.3 is 0 Å². The van der Waals surface area contributed by atoms with Gasteiger partial charge in [-0.1, -0.05) is 448 Å². The van der Waals surface area contributed by atoms with E-state index >= 15 is 0 Å². The van der Waals surface area contributed by atoms with Gasteiger partial charge in [0.1, 0.15) is 0 Å². The van der Waals surface area contributed by atoms with Crippen LogP contribution in [-0.2, 0) is 16.2 Å². The summed E-state index contributed by atoms with van der Waals surface area (Å²) in [5.74, 6) is 0. The Hall–Kier alpha value is -18.5. The van der Waals surface area contributed by atoms with Gasteiger partial charge in [0.25, 0.3) is 0 Å². The van der Waals surface area contributed by atoms with Gasteiger partial charge in [0.05, 0.1) is 17.1 Å². The second kappa shape index (κ2) is 35.4. The molecule has 708 valence electrons. The van der Waals surface area contributed by atoms with E-state index in [-0.39, 0.29) is 16.2 Å². The van der Waals surface area contributed by atoms with Crippen LogP contribution >= 0.6 is 0 Å². The topological polar surface area (TPSA) is 9.72 Å². The van der Waals surface area contributed by atoms with E-state index in [1.54, 1.807) is 0 Å². The van der Waals surface area contributed by atoms with Crippen molar-refractivity contribution in [3.8, 4) is 66.8 Å². The Bertz CT molecular complexity index is 10200. The average Bonchev–Trinajstić information content (AvgIpc) is 1.51. The number of hydrogen-bond acceptors (Lipinski definition) is 3. The van der Waals surface area contributed by atoms with Gasteiger partial charge in [-0.3, -0.25) is 0 Å². The van der Waals surface area contributed by atoms with Gasteiger partial charge in [0.2, 0.25) is 0 Å². The minimum Gasteiger partial charge on any atom is -0.310 e. The molecule has 0 N–H and O–H groups in total. The molecule has 0 atom stereocenters. The fraction of sp³-hybridized carbons (Fsp3) is 0.0612. The summed E-state index contributed by atoms with van der Waals surface area (Å²) in [6.07, 6.45) is 0. The SMILES string of the molecule is CC1(C)c2ccccc2-c2ccc(N(c3ccc(-c4ccc5c(ccc6ccccc65)c4)cc3)c3cc4ccccc4c4ccccc34)cc21.CC1(C)c2ccccc2-c2ccc(N(c3ccc4cc(-c5ccc6ccccc6c5)ccc4c3)c3cc4ccccc4c4ccccc34)cc21.CC1(C)c2ccccc2-c2ccc(N(c3ccc4ccc(-c5ccc6ccccc6c5)cc4c3)c3cc4ccccc4c4ccccc34)cc21. The fourth-order valence-electron chi connectivity index (χ4n) is 25.3. The molecule has 3 aliphatic carbocycles. The lowest BCUT2D eigenvalue weighted by molar-refractivity contribution is 0.660. The normalized spacial score (nSPS) is 13.2. The second-order valence-electron chi connectivity index (χ2n) is 42.6. The zero-order valence-electron chi connectivity index (χ0n) is 84.6. The molecule has 27 aromatic carbocycles. The van der Waals surface area contributed by atoms with Gasteiger partial charge < -0.3 is 14.7 Å². The summed E-state index contributed by atoms with van der Waals surface area (Å²) in [4.78, 5) is 7.42. The third kappa shape index (κ3) is 14.9. The van der Waals surface area contributed by atoms with Crippen LogP contribution < -0.4 is 14.7 Å². The maximum absolute atomic E-state index is 2.48. The number of rotatable bonds is 12. The maximum atomic E-state index is 2.48. The Morgan fingerprint density at radius 2 is 0.333 bits per heavy atom. The third-order valence-electron chi connectivity index (χ3n) is 33.0. The smallest absolute Gasteiger partial charge is 0.0546 e. The van der Waals surface area contributed by atoms with E-state index in [1.165, 1.54) is 246 Å². The monoisotopic (exact) mass is 1910 g/mol. The van der Waals surface area contributed by atoms with E-state index in [2.05, 4.69) is 584 Å². The van der Waals surface area contributed by atoms with Gasteiger partial charge in [-0.15, -0.1) is 0 Å². The van der Waals surface area contributed by atoms with Gasteiger partial charge in [-0.2, -0.15) is 0 Å². The molecule has 30 rings (SSSR count). The van der Waals surface area contributed by atoms with Crippen molar-refractivity contribution in [3.05, 3.63) is 561 Å². The van der Waals surface area contributed by atoms with Crippen LogP contribution in [0.5, 0.6) is 0 Å². The quantitative estimate of drug-likeness (QED) is 0.113. The summed E-state index contributed by atoms with van der Waals surface area (Å²) >= 11 is 0. The van der Waals surface area contributed by atoms with Crippen molar-refractivity contribution in [1.82, 2.24) is 0 Å². The molecule has 0 radical (unpaired) electrons. The standard InChI is InChI=1S/3C49H35N/c1-49(2)46-18-10-9-16-43(46)44-28-26-38(31-47(44)49)50(48-30-35-12-4-6-14-40(35)42-15-7-8-17-45(42)48)37-24-21-32(22-25-37)34-23-27-41-36(29-34)20-19-33-11-3-5-13-39(33)41;1-49(2)46-18-10-9-16-43(46)44-26-25-40(31-47(44)49)50(48-30-37-13-5-6-14-41(37)42-15-7-8-17-45(42)48)39-24-23-33-20-22-36(28-38(33)29-39)35-21-19-32-11-3-4-12-34(32)27-35;1-49(2)46-18-10-9-16-43(46)44-26-25-40(31-47(44)49)50(48-30-38-13-5-6-14-41(38)42-15-7-8-17-45(42)48)39-24-23-36-28-35(21-22-37(36)29-39)34-20-19-32-11-3-4-12-33(32)27-34/h3*3-31H,1-2H3. The number of fused-ring (bicyclic) bond motifs is 25. The van der Waals surface area contributed by atoms with Gasteiger partial charge in [-0.05, 0) is 335 Å². The highest BCUT2D eigenvalue weighted by atomic mass is 15.2. The van der Waals surface area contributed by atoms with Crippen LogP contribution in [0.1, 0.15) is 74.9 Å². The highest BCUT2D eigenvalue weighted by molar-refractivity contribution is 6.19. The van der Waals surface area contributed by atoms with Crippen LogP contribution in [0, 0.1) is 0 Å². The predicted molar refractivity (Wildman–Crippen MR) is 642 cm³/mol. The van der Waals surface area contributed by atoms with E-state index in [9.17, 15) is 0 Å². The molecule has 150 heavy (non-hydrogen) atoms. The molecule has 3 nitrogen and oxygen atoms in total. The first-order valence-corrected chi connectivity index (χ1v) is 52.5. The second-order valence-corrected chi connectivity index (χ2v) is 42.6. The molecule has 0 amide bonds. The molecule has 0 aliphatic heterocycles. The van der Waals surface area contributed by atoms with E-state index in [4.69, 9.17) is 0 Å². The average molecular weight is 1910 g/mol. The molecule has 0 saturated carbocycles. The molecule has 0 aromatic heterocycles. The first-order valence-electron chi connectivity index (χ1n) is 52.5. The lowest BCUT2D eigenvalue weighted by Crippen LogP contribution is -2.16. The Morgan fingerprint density at radius 1 is 0.120 bits per heavy atom. The molecule has 3 aliphatic rings. The summed E-state index contributed by atoms with van der Waals surface area (Å²) in [7, 11) is 0. The molecular weight excluding hydrogens is 1810 g/mol. The van der Waals surface area contributed by atoms with Crippen molar-refractivity contribution in [2.45, 2.75) is 57.8 Å². The fourth-order valence-corrected chi connectivity index (χ4v) is 25.3. The molecule has 0 fully saturated rings. The summed E-state index contributed by atoms with van der Waals surface area (Å²) in [5.41, 5.74) is 33.8. The number of benzene rings is 27. The van der Waals surface area contributed by atoms with Crippen LogP contribution in [0.2, 0.25) is 0 Å². The Balaban J connectivity index is 0.000000108. The summed E-state index contributed by atoms with van der Waals surface area (Å²) in [6.45, 7) is 14.2. The lowest BCUT2D eigenvalue weighted by atomic mass is 9.82. The Kier molecular flexibility index (Phi) is 21.0. The molecule has 0 heterocycles. The largest absolute Gasteiger partial charge is 0.310 e. The summed E-state index contributed by atoms with van der Waals surface area (Å²) in [5, 5.41) is 30.1. The molecular formula is C147H105N3. The maximum Gasteiger partial charge on any atom is 0.0546 e. The highest BCUT2D eigenvalue weighted by Gasteiger charge is 2.40. The first-order chi connectivity index (χ1) is 73.6. The predicted octanol–water partition coefficient (Wildman–Crippen LogP) is 41.2. The van der Waals surface area contributed by atoms with E-state index in [0.29, 0.717) is 0 Å². The van der Waals surface area contributed by atoms with Crippen molar-refractivity contribution in [1.29, 1.82) is 0 Å². The van der Waals surface area contributed by atoms with Crippen LogP contribution in [0.4, 0.5) is 51.2 Å². The zero-order chi connectivity index (χ0) is 100. The zero-order valence-corrected chi connectivity index (χ0v) is 84.6. The molecule has 0 bridgehead atoms. The minimum atomic E-state index is -0.1000. The van der Waals surface area contributed by atoms with Crippen molar-refractivity contribution >= 4 is 180 Å². The lowest BCUT2D eigenvalue weighted by Gasteiger charge is -2.30. The molecule has 0 saturated heterocycles. The summed E-state index contributed by atoms with van der Waals surface area (Å²) in [6, 6.07) is 195. The van der Waals surface area contributed by atoms with Crippen molar-refractivity contribution in [2.24, 2.45) is 0 Å². The molecule has 3 heteroatoms. The third-order valence-corrected chi connectivity index (χ3v) is 33.0. The van der Waals surface area contributed by atoms with Crippen molar-refractivity contribution < 1.29 is 0 Å². The molecule has 0 unspecified atom stereocenters. The Morgan fingerprint density at radius 3 is 0.747 bits per heavy atom. The van der Waals surface area contributed by atoms with Gasteiger partial charge in [0, 0.05) is 66.5 Å². The molecule has 0 spiro atoms. The van der Waals surface area contributed by atoms with E-state index < -0.39 is 0 Å². The van der Waals surface area contributed by atoms with E-state index in [1.807, 2.05) is 0 Å². The van der Waals surface area contributed by atoms with E-state index in [0.717, 1.165) is 34.1 Å². The van der Waals surface area contributed by atoms with Crippen LogP contribution in [0.15, 0.2) is 528 Å². The van der Waals surface area contributed by atoms with Crippen LogP contribution in [-0.4, -0.2) is 0 Å². The number of hydrogen-bond donors (Lipinski definition) is 0. The first kappa shape index (κ1) is 89.1. The van der Waals surface area contributed by atoms with Crippen molar-refractivity contribution in [3.63, 3.8) is 0 Å². The Labute approximate surface area is 874 Å².